The van der Waals surface area contributed by atoms with Gasteiger partial charge >= 0.3 is 0 Å². The van der Waals surface area contributed by atoms with E-state index in [0.29, 0.717) is 0 Å². The fourth-order valence-electron chi connectivity index (χ4n) is 1.69. The van der Waals surface area contributed by atoms with Gasteiger partial charge in [0.15, 0.2) is 6.33 Å². The van der Waals surface area contributed by atoms with Gasteiger partial charge in [0, 0.05) is 0 Å². The second kappa shape index (κ2) is 3.24. The number of fused-ring (bicyclic) bond motifs is 1. The Kier molecular flexibility index (Phi) is 1.78. The van der Waals surface area contributed by atoms with Crippen molar-refractivity contribution in [2.24, 2.45) is 0 Å². The van der Waals surface area contributed by atoms with Gasteiger partial charge in [0.2, 0.25) is 0 Å². The molecule has 0 unspecified atom stereocenters. The van der Waals surface area contributed by atoms with E-state index in [-0.39, 0.29) is 0 Å². The van der Waals surface area contributed by atoms with Gasteiger partial charge in [-0.25, -0.2) is 4.98 Å². The highest BCUT2D eigenvalue weighted by Gasteiger charge is 2.00. The molecule has 1 aromatic heterocycles. The zero-order valence-corrected chi connectivity index (χ0v) is 8.07. The number of H-pyrrole nitrogens is 1. The Labute approximate surface area is 87.6 Å². The summed E-state index contributed by atoms with van der Waals surface area (Å²) in [5.41, 5.74) is 4.37. The van der Waals surface area contributed by atoms with E-state index in [1.54, 1.807) is 0 Å². The molecule has 2 nitrogen and oxygen atoms in total. The minimum Gasteiger partial charge on any atom is -0.335 e. The first-order chi connectivity index (χ1) is 7.43. The van der Waals surface area contributed by atoms with E-state index in [9.17, 15) is 0 Å². The molecule has 2 aromatic carbocycles. The van der Waals surface area contributed by atoms with Crippen molar-refractivity contribution in [2.75, 3.05) is 0 Å². The van der Waals surface area contributed by atoms with Gasteiger partial charge in [0.05, 0.1) is 11.0 Å². The van der Waals surface area contributed by atoms with E-state index in [2.05, 4.69) is 40.6 Å². The van der Waals surface area contributed by atoms with Crippen molar-refractivity contribution in [3.63, 3.8) is 0 Å². The van der Waals surface area contributed by atoms with Crippen LogP contribution < -0.4 is 0 Å². The summed E-state index contributed by atoms with van der Waals surface area (Å²) < 4.78 is 0. The van der Waals surface area contributed by atoms with E-state index in [1.807, 2.05) is 24.3 Å². The van der Waals surface area contributed by atoms with Crippen LogP contribution in [0, 0.1) is 6.33 Å². The van der Waals surface area contributed by atoms with Gasteiger partial charge in [-0.2, -0.15) is 0 Å². The largest absolute Gasteiger partial charge is 0.335 e. The van der Waals surface area contributed by atoms with Crippen LogP contribution in [-0.2, 0) is 0 Å². The summed E-state index contributed by atoms with van der Waals surface area (Å²) in [6.07, 6.45) is 2.74. The Morgan fingerprint density at radius 3 is 2.67 bits per heavy atom. The lowest BCUT2D eigenvalue weighted by Gasteiger charge is -2.00. The van der Waals surface area contributed by atoms with Crippen LogP contribution in [0.3, 0.4) is 0 Å². The molecule has 0 aliphatic carbocycles. The van der Waals surface area contributed by atoms with Crippen molar-refractivity contribution in [3.8, 4) is 11.1 Å². The van der Waals surface area contributed by atoms with Gasteiger partial charge in [-0.05, 0) is 23.3 Å². The lowest BCUT2D eigenvalue weighted by molar-refractivity contribution is 1.32. The monoisotopic (exact) mass is 193 g/mol. The zero-order chi connectivity index (χ0) is 10.1. The molecule has 0 atom stereocenters. The molecule has 3 aromatic rings. The van der Waals surface area contributed by atoms with Gasteiger partial charge in [0.25, 0.3) is 0 Å². The topological polar surface area (TPSA) is 28.7 Å². The Hall–Kier alpha value is -2.09. The summed E-state index contributed by atoms with van der Waals surface area (Å²) >= 11 is 0. The number of benzene rings is 2. The lowest BCUT2D eigenvalue weighted by Crippen LogP contribution is -1.77. The first-order valence-corrected chi connectivity index (χ1v) is 4.85. The second-order valence-corrected chi connectivity index (χ2v) is 3.45. The first-order valence-electron chi connectivity index (χ1n) is 4.85. The SMILES string of the molecule is [c]1nc2cc(-c3ccccc3)ccc2[nH]1. The van der Waals surface area contributed by atoms with Gasteiger partial charge in [-0.15, -0.1) is 0 Å². The summed E-state index contributed by atoms with van der Waals surface area (Å²) in [5.74, 6) is 0. The number of rotatable bonds is 1. The summed E-state index contributed by atoms with van der Waals surface area (Å²) in [5, 5.41) is 0. The van der Waals surface area contributed by atoms with Crippen LogP contribution >= 0.6 is 0 Å². The molecule has 1 heterocycles. The van der Waals surface area contributed by atoms with Gasteiger partial charge in [0.1, 0.15) is 0 Å². The quantitative estimate of drug-likeness (QED) is 0.632. The summed E-state index contributed by atoms with van der Waals surface area (Å²) in [6, 6.07) is 16.5. The fourth-order valence-corrected chi connectivity index (χ4v) is 1.69. The van der Waals surface area contributed by atoms with Crippen molar-refractivity contribution in [1.82, 2.24) is 9.97 Å². The van der Waals surface area contributed by atoms with Gasteiger partial charge in [-0.1, -0.05) is 36.4 Å². The molecule has 1 N–H and O–H groups in total. The number of aromatic nitrogens is 2. The molecule has 2 heteroatoms. The number of imidazole rings is 1. The van der Waals surface area contributed by atoms with Crippen LogP contribution in [0.25, 0.3) is 22.2 Å². The molecule has 15 heavy (non-hydrogen) atoms. The molecular formula is C13H9N2. The summed E-state index contributed by atoms with van der Waals surface area (Å²) in [6.45, 7) is 0. The molecular weight excluding hydrogens is 184 g/mol. The summed E-state index contributed by atoms with van der Waals surface area (Å²) in [4.78, 5) is 7.09. The minimum absolute atomic E-state index is 0.955. The van der Waals surface area contributed by atoms with E-state index in [4.69, 9.17) is 0 Å². The highest BCUT2D eigenvalue weighted by atomic mass is 14.9. The molecule has 0 aliphatic rings. The average molecular weight is 193 g/mol. The Balaban J connectivity index is 2.19. The molecule has 71 valence electrons. The average Bonchev–Trinajstić information content (AvgIpc) is 2.77. The predicted molar refractivity (Wildman–Crippen MR) is 60.4 cm³/mol. The highest BCUT2D eigenvalue weighted by Crippen LogP contribution is 2.21. The fraction of sp³-hybridized carbons (Fsp3) is 0. The van der Waals surface area contributed by atoms with Crippen molar-refractivity contribution in [2.45, 2.75) is 0 Å². The van der Waals surface area contributed by atoms with Crippen LogP contribution in [-0.4, -0.2) is 9.97 Å². The number of nitrogens with one attached hydrogen (secondary N) is 1. The van der Waals surface area contributed by atoms with Crippen LogP contribution in [0.15, 0.2) is 48.5 Å². The molecule has 0 saturated heterocycles. The Morgan fingerprint density at radius 2 is 1.80 bits per heavy atom. The van der Waals surface area contributed by atoms with E-state index < -0.39 is 0 Å². The molecule has 0 bridgehead atoms. The maximum absolute atomic E-state index is 4.12. The number of aromatic amines is 1. The molecule has 0 aliphatic heterocycles. The molecule has 3 rings (SSSR count). The van der Waals surface area contributed by atoms with Crippen molar-refractivity contribution in [1.29, 1.82) is 0 Å². The molecule has 0 saturated carbocycles. The van der Waals surface area contributed by atoms with Crippen LogP contribution in [0.5, 0.6) is 0 Å². The number of hydrogen-bond acceptors (Lipinski definition) is 1. The molecule has 0 fully saturated rings. The summed E-state index contributed by atoms with van der Waals surface area (Å²) in [7, 11) is 0. The van der Waals surface area contributed by atoms with Crippen LogP contribution in [0.2, 0.25) is 0 Å². The van der Waals surface area contributed by atoms with Gasteiger partial charge in [-0.3, -0.25) is 0 Å². The lowest BCUT2D eigenvalue weighted by atomic mass is 10.1. The zero-order valence-electron chi connectivity index (χ0n) is 8.07. The maximum atomic E-state index is 4.12. The van der Waals surface area contributed by atoms with E-state index >= 15 is 0 Å². The smallest absolute Gasteiger partial charge is 0.174 e. The molecule has 0 spiro atoms. The third-order valence-electron chi connectivity index (χ3n) is 2.47. The highest BCUT2D eigenvalue weighted by molar-refractivity contribution is 5.81. The van der Waals surface area contributed by atoms with E-state index in [1.165, 1.54) is 11.1 Å². The molecule has 1 radical (unpaired) electrons. The van der Waals surface area contributed by atoms with Crippen molar-refractivity contribution in [3.05, 3.63) is 54.9 Å². The third kappa shape index (κ3) is 1.40. The van der Waals surface area contributed by atoms with E-state index in [0.717, 1.165) is 11.0 Å². The number of nitrogens with zero attached hydrogens (tertiary/aromatic N) is 1. The van der Waals surface area contributed by atoms with Crippen molar-refractivity contribution < 1.29 is 0 Å². The Bertz CT molecular complexity index is 582. The third-order valence-corrected chi connectivity index (χ3v) is 2.47. The van der Waals surface area contributed by atoms with Crippen molar-refractivity contribution >= 4 is 11.0 Å². The van der Waals surface area contributed by atoms with Crippen LogP contribution in [0.1, 0.15) is 0 Å². The Morgan fingerprint density at radius 1 is 0.933 bits per heavy atom. The molecule has 0 amide bonds. The first kappa shape index (κ1) is 8.24. The van der Waals surface area contributed by atoms with Crippen LogP contribution in [0.4, 0.5) is 0 Å². The normalized spacial score (nSPS) is 10.7. The standard InChI is InChI=1S/C13H9N2/c1-2-4-10(5-3-1)11-6-7-12-13(8-11)15-9-14-12/h1-8H,(H,14,15). The van der Waals surface area contributed by atoms with Gasteiger partial charge < -0.3 is 4.98 Å². The maximum Gasteiger partial charge on any atom is 0.174 e. The minimum atomic E-state index is 0.955. The second-order valence-electron chi connectivity index (χ2n) is 3.45. The predicted octanol–water partition coefficient (Wildman–Crippen LogP) is 3.03. The number of hydrogen-bond donors (Lipinski definition) is 1.